The van der Waals surface area contributed by atoms with E-state index >= 15 is 0 Å². The van der Waals surface area contributed by atoms with E-state index in [1.165, 1.54) is 4.68 Å². The van der Waals surface area contributed by atoms with Gasteiger partial charge < -0.3 is 10.1 Å². The lowest BCUT2D eigenvalue weighted by Gasteiger charge is -2.09. The summed E-state index contributed by atoms with van der Waals surface area (Å²) in [4.78, 5) is 24.7. The molecule has 0 unspecified atom stereocenters. The third kappa shape index (κ3) is 5.20. The molecule has 156 valence electrons. The minimum Gasteiger partial charge on any atom is -0.452 e. The molecule has 1 heterocycles. The molecule has 1 aromatic heterocycles. The van der Waals surface area contributed by atoms with Crippen molar-refractivity contribution in [3.63, 3.8) is 0 Å². The van der Waals surface area contributed by atoms with Gasteiger partial charge in [-0.15, -0.1) is 0 Å². The number of esters is 1. The maximum Gasteiger partial charge on any atom is 0.343 e. The molecule has 8 heteroatoms. The summed E-state index contributed by atoms with van der Waals surface area (Å²) in [7, 11) is 0. The van der Waals surface area contributed by atoms with E-state index in [-0.39, 0.29) is 10.7 Å². The molecule has 0 saturated heterocycles. The number of anilines is 1. The fourth-order valence-corrected chi connectivity index (χ4v) is 3.36. The number of carbonyl (C=O) groups excluding carboxylic acids is 2. The van der Waals surface area contributed by atoms with Crippen LogP contribution < -0.4 is 5.32 Å². The van der Waals surface area contributed by atoms with Crippen LogP contribution in [0.5, 0.6) is 0 Å². The Morgan fingerprint density at radius 3 is 2.47 bits per heavy atom. The average Bonchev–Trinajstić information content (AvgIpc) is 2.98. The number of aryl methyl sites for hydroxylation is 3. The van der Waals surface area contributed by atoms with Crippen molar-refractivity contribution in [3.05, 3.63) is 80.6 Å². The number of aromatic nitrogens is 2. The first kappa shape index (κ1) is 21.9. The van der Waals surface area contributed by atoms with Gasteiger partial charge in [-0.05, 0) is 44.0 Å². The van der Waals surface area contributed by atoms with E-state index in [4.69, 9.17) is 27.9 Å². The van der Waals surface area contributed by atoms with Crippen LogP contribution in [-0.4, -0.2) is 28.3 Å². The Morgan fingerprint density at radius 2 is 1.77 bits per heavy atom. The van der Waals surface area contributed by atoms with E-state index in [1.807, 2.05) is 38.1 Å². The molecule has 1 N–H and O–H groups in total. The van der Waals surface area contributed by atoms with E-state index in [2.05, 4.69) is 10.4 Å². The average molecular weight is 446 g/mol. The lowest BCUT2D eigenvalue weighted by molar-refractivity contribution is -0.119. The largest absolute Gasteiger partial charge is 0.452 e. The van der Waals surface area contributed by atoms with Crippen molar-refractivity contribution in [3.8, 4) is 0 Å². The Bertz CT molecular complexity index is 1090. The van der Waals surface area contributed by atoms with E-state index in [0.29, 0.717) is 22.9 Å². The fraction of sp³-hybridized carbons (Fsp3) is 0.227. The van der Waals surface area contributed by atoms with Crippen molar-refractivity contribution in [2.45, 2.75) is 27.3 Å². The van der Waals surface area contributed by atoms with Gasteiger partial charge in [0.25, 0.3) is 5.91 Å². The molecule has 3 rings (SSSR count). The van der Waals surface area contributed by atoms with Gasteiger partial charge in [-0.3, -0.25) is 4.79 Å². The van der Waals surface area contributed by atoms with E-state index < -0.39 is 18.5 Å². The maximum absolute atomic E-state index is 12.5. The molecule has 0 radical (unpaired) electrons. The minimum atomic E-state index is -0.703. The normalized spacial score (nSPS) is 10.7. The van der Waals surface area contributed by atoms with Crippen LogP contribution in [0, 0.1) is 20.8 Å². The number of ether oxygens (including phenoxy) is 1. The zero-order valence-electron chi connectivity index (χ0n) is 16.8. The molecule has 0 atom stereocenters. The Morgan fingerprint density at radius 1 is 1.07 bits per heavy atom. The van der Waals surface area contributed by atoms with Crippen LogP contribution in [0.15, 0.2) is 42.5 Å². The molecular weight excluding hydrogens is 425 g/mol. The van der Waals surface area contributed by atoms with Crippen LogP contribution in [-0.2, 0) is 16.1 Å². The van der Waals surface area contributed by atoms with Crippen molar-refractivity contribution in [1.29, 1.82) is 0 Å². The number of hydrogen-bond acceptors (Lipinski definition) is 4. The van der Waals surface area contributed by atoms with Gasteiger partial charge in [-0.1, -0.05) is 59.1 Å². The molecule has 0 saturated carbocycles. The van der Waals surface area contributed by atoms with E-state index in [1.54, 1.807) is 25.1 Å². The van der Waals surface area contributed by atoms with Crippen LogP contribution in [0.1, 0.15) is 32.7 Å². The summed E-state index contributed by atoms with van der Waals surface area (Å²) in [5.74, 6) is -1.18. The highest BCUT2D eigenvalue weighted by molar-refractivity contribution is 6.32. The van der Waals surface area contributed by atoms with Crippen molar-refractivity contribution in [2.24, 2.45) is 0 Å². The van der Waals surface area contributed by atoms with Crippen LogP contribution in [0.3, 0.4) is 0 Å². The van der Waals surface area contributed by atoms with Crippen molar-refractivity contribution in [2.75, 3.05) is 11.9 Å². The summed E-state index contributed by atoms with van der Waals surface area (Å²) >= 11 is 12.3. The van der Waals surface area contributed by atoms with Gasteiger partial charge in [-0.2, -0.15) is 5.10 Å². The Hall–Kier alpha value is -2.83. The molecule has 0 aliphatic heterocycles. The molecule has 0 fully saturated rings. The highest BCUT2D eigenvalue weighted by Crippen LogP contribution is 2.23. The summed E-state index contributed by atoms with van der Waals surface area (Å²) in [5.41, 5.74) is 4.14. The van der Waals surface area contributed by atoms with Crippen molar-refractivity contribution >= 4 is 40.8 Å². The molecular formula is C22H21Cl2N3O3. The highest BCUT2D eigenvalue weighted by atomic mass is 35.5. The van der Waals surface area contributed by atoms with Gasteiger partial charge in [0, 0.05) is 10.7 Å². The van der Waals surface area contributed by atoms with Gasteiger partial charge in [0.2, 0.25) is 0 Å². The minimum absolute atomic E-state index is 0.149. The molecule has 2 aromatic carbocycles. The quantitative estimate of drug-likeness (QED) is 0.544. The summed E-state index contributed by atoms with van der Waals surface area (Å²) in [5, 5.41) is 7.68. The predicted octanol–water partition coefficient (Wildman–Crippen LogP) is 4.96. The number of amides is 1. The number of nitrogens with one attached hydrogen (secondary N) is 1. The van der Waals surface area contributed by atoms with Gasteiger partial charge in [0.15, 0.2) is 6.61 Å². The Labute approximate surface area is 184 Å². The lowest BCUT2D eigenvalue weighted by atomic mass is 10.1. The first-order valence-corrected chi connectivity index (χ1v) is 10.0. The van der Waals surface area contributed by atoms with E-state index in [9.17, 15) is 9.59 Å². The predicted molar refractivity (Wildman–Crippen MR) is 117 cm³/mol. The molecule has 6 nitrogen and oxygen atoms in total. The number of hydrogen-bond donors (Lipinski definition) is 1. The van der Waals surface area contributed by atoms with Crippen molar-refractivity contribution < 1.29 is 14.3 Å². The van der Waals surface area contributed by atoms with Crippen LogP contribution in [0.25, 0.3) is 0 Å². The summed E-state index contributed by atoms with van der Waals surface area (Å²) in [6.45, 7) is 5.48. The van der Waals surface area contributed by atoms with Gasteiger partial charge in [-0.25, -0.2) is 9.48 Å². The van der Waals surface area contributed by atoms with Gasteiger partial charge in [0.1, 0.15) is 10.7 Å². The zero-order valence-corrected chi connectivity index (χ0v) is 18.3. The summed E-state index contributed by atoms with van der Waals surface area (Å²) in [6, 6.07) is 13.1. The molecule has 30 heavy (non-hydrogen) atoms. The highest BCUT2D eigenvalue weighted by Gasteiger charge is 2.22. The molecule has 0 aliphatic rings. The molecule has 0 bridgehead atoms. The van der Waals surface area contributed by atoms with Crippen LogP contribution in [0.4, 0.5) is 5.69 Å². The summed E-state index contributed by atoms with van der Waals surface area (Å²) in [6.07, 6.45) is 0. The summed E-state index contributed by atoms with van der Waals surface area (Å²) < 4.78 is 6.69. The molecule has 0 spiro atoms. The first-order valence-electron chi connectivity index (χ1n) is 9.26. The topological polar surface area (TPSA) is 73.2 Å². The van der Waals surface area contributed by atoms with E-state index in [0.717, 1.165) is 16.7 Å². The van der Waals surface area contributed by atoms with Gasteiger partial charge in [0.05, 0.1) is 12.2 Å². The lowest BCUT2D eigenvalue weighted by Crippen LogP contribution is -2.21. The third-order valence-corrected chi connectivity index (χ3v) is 5.15. The number of nitrogens with zero attached hydrogens (tertiary/aromatic N) is 2. The van der Waals surface area contributed by atoms with Crippen LogP contribution in [0.2, 0.25) is 10.2 Å². The number of rotatable bonds is 6. The first-order chi connectivity index (χ1) is 14.2. The number of halogens is 2. The van der Waals surface area contributed by atoms with Crippen molar-refractivity contribution in [1.82, 2.24) is 9.78 Å². The smallest absolute Gasteiger partial charge is 0.343 e. The second-order valence-corrected chi connectivity index (χ2v) is 7.77. The third-order valence-electron chi connectivity index (χ3n) is 4.53. The maximum atomic E-state index is 12.5. The number of benzene rings is 2. The van der Waals surface area contributed by atoms with Crippen LogP contribution >= 0.6 is 23.2 Å². The molecule has 0 aliphatic carbocycles. The van der Waals surface area contributed by atoms with Gasteiger partial charge >= 0.3 is 5.97 Å². The standard InChI is InChI=1S/C22H21Cl2N3O3/c1-13-4-7-16(8-5-13)11-27-21(24)20(15(3)26-27)22(29)30-12-19(28)25-18-10-17(23)9-6-14(18)2/h4-10H,11-12H2,1-3H3,(H,25,28). The second-order valence-electron chi connectivity index (χ2n) is 6.98. The molecule has 3 aromatic rings. The number of carbonyl (C=O) groups is 2. The monoisotopic (exact) mass is 445 g/mol. The Kier molecular flexibility index (Phi) is 6.80. The second kappa shape index (κ2) is 9.32. The fourth-order valence-electron chi connectivity index (χ4n) is 2.87. The SMILES string of the molecule is Cc1ccc(Cn2nc(C)c(C(=O)OCC(=O)Nc3cc(Cl)ccc3C)c2Cl)cc1. The molecule has 1 amide bonds. The Balaban J connectivity index is 1.65. The zero-order chi connectivity index (χ0) is 21.8.